The van der Waals surface area contributed by atoms with Crippen LogP contribution in [0.15, 0.2) is 48.5 Å². The molecule has 1 aromatic heterocycles. The number of anilines is 1. The largest absolute Gasteiger partial charge is 0.431 e. The average Bonchev–Trinajstić information content (AvgIpc) is 2.98. The molecule has 0 aliphatic carbocycles. The minimum absolute atomic E-state index is 0.299. The molecule has 0 fully saturated rings. The van der Waals surface area contributed by atoms with Crippen LogP contribution in [0.3, 0.4) is 0 Å². The van der Waals surface area contributed by atoms with Crippen molar-refractivity contribution in [2.24, 2.45) is 0 Å². The number of halogens is 4. The van der Waals surface area contributed by atoms with Gasteiger partial charge in [-0.3, -0.25) is 0 Å². The van der Waals surface area contributed by atoms with Gasteiger partial charge in [0.15, 0.2) is 0 Å². The van der Waals surface area contributed by atoms with Gasteiger partial charge >= 0.3 is 12.2 Å². The zero-order chi connectivity index (χ0) is 18.0. The van der Waals surface area contributed by atoms with Crippen LogP contribution in [0.25, 0.3) is 10.9 Å². The Labute approximate surface area is 146 Å². The Kier molecular flexibility index (Phi) is 4.59. The number of amides is 2. The van der Waals surface area contributed by atoms with E-state index in [4.69, 9.17) is 11.6 Å². The minimum atomic E-state index is -4.44. The molecule has 8 heteroatoms. The Morgan fingerprint density at radius 2 is 1.80 bits per heavy atom. The topological polar surface area (TPSA) is 56.9 Å². The van der Waals surface area contributed by atoms with Gasteiger partial charge in [-0.25, -0.2) is 4.79 Å². The van der Waals surface area contributed by atoms with Gasteiger partial charge in [0, 0.05) is 28.2 Å². The number of carbonyl (C=O) groups excluding carboxylic acids is 1. The zero-order valence-corrected chi connectivity index (χ0v) is 13.5. The van der Waals surface area contributed by atoms with Gasteiger partial charge < -0.3 is 15.6 Å². The van der Waals surface area contributed by atoms with Crippen LogP contribution in [0.4, 0.5) is 23.7 Å². The third-order valence-electron chi connectivity index (χ3n) is 3.55. The SMILES string of the molecule is O=C(NCc1ccc(Cl)cc1)Nc1ccc2[nH]c(C(F)(F)F)cc2c1. The molecule has 0 unspecified atom stereocenters. The summed E-state index contributed by atoms with van der Waals surface area (Å²) in [6.07, 6.45) is -4.44. The lowest BCUT2D eigenvalue weighted by atomic mass is 10.2. The van der Waals surface area contributed by atoms with Crippen molar-refractivity contribution in [3.05, 3.63) is 64.8 Å². The van der Waals surface area contributed by atoms with Crippen molar-refractivity contribution in [3.63, 3.8) is 0 Å². The van der Waals surface area contributed by atoms with E-state index in [2.05, 4.69) is 15.6 Å². The summed E-state index contributed by atoms with van der Waals surface area (Å²) < 4.78 is 38.1. The fourth-order valence-electron chi connectivity index (χ4n) is 2.32. The summed E-state index contributed by atoms with van der Waals surface area (Å²) in [5.74, 6) is 0. The van der Waals surface area contributed by atoms with Crippen molar-refractivity contribution in [2.45, 2.75) is 12.7 Å². The van der Waals surface area contributed by atoms with Crippen molar-refractivity contribution in [1.82, 2.24) is 10.3 Å². The number of H-pyrrole nitrogens is 1. The van der Waals surface area contributed by atoms with Crippen LogP contribution in [-0.4, -0.2) is 11.0 Å². The molecule has 0 bridgehead atoms. The van der Waals surface area contributed by atoms with Crippen LogP contribution < -0.4 is 10.6 Å². The Morgan fingerprint density at radius 1 is 1.08 bits per heavy atom. The van der Waals surface area contributed by atoms with Gasteiger partial charge in [0.1, 0.15) is 5.69 Å². The van der Waals surface area contributed by atoms with Gasteiger partial charge in [0.2, 0.25) is 0 Å². The molecule has 3 aromatic rings. The number of aromatic nitrogens is 1. The molecule has 0 saturated carbocycles. The van der Waals surface area contributed by atoms with Crippen molar-refractivity contribution < 1.29 is 18.0 Å². The van der Waals surface area contributed by atoms with E-state index < -0.39 is 17.9 Å². The first-order chi connectivity index (χ1) is 11.8. The number of nitrogens with one attached hydrogen (secondary N) is 3. The molecule has 2 aromatic carbocycles. The van der Waals surface area contributed by atoms with Gasteiger partial charge in [-0.05, 0) is 42.0 Å². The normalized spacial score (nSPS) is 11.5. The number of carbonyl (C=O) groups is 1. The number of alkyl halides is 3. The lowest BCUT2D eigenvalue weighted by Crippen LogP contribution is -2.28. The Bertz CT molecular complexity index is 904. The number of hydrogen-bond donors (Lipinski definition) is 3. The lowest BCUT2D eigenvalue weighted by molar-refractivity contribution is -0.140. The molecule has 0 aliphatic rings. The summed E-state index contributed by atoms with van der Waals surface area (Å²) in [5, 5.41) is 6.22. The van der Waals surface area contributed by atoms with E-state index in [-0.39, 0.29) is 0 Å². The van der Waals surface area contributed by atoms with E-state index in [0.29, 0.717) is 28.2 Å². The molecule has 3 N–H and O–H groups in total. The van der Waals surface area contributed by atoms with Crippen LogP contribution in [0, 0.1) is 0 Å². The first-order valence-corrected chi connectivity index (χ1v) is 7.68. The van der Waals surface area contributed by atoms with Crippen LogP contribution >= 0.6 is 11.6 Å². The second-order valence-corrected chi connectivity index (χ2v) is 5.85. The molecular weight excluding hydrogens is 355 g/mol. The molecule has 3 rings (SSSR count). The van der Waals surface area contributed by atoms with Gasteiger partial charge in [0.25, 0.3) is 0 Å². The van der Waals surface area contributed by atoms with Crippen molar-refractivity contribution in [3.8, 4) is 0 Å². The number of rotatable bonds is 3. The predicted octanol–water partition coefficient (Wildman–Crippen LogP) is 5.16. The monoisotopic (exact) mass is 367 g/mol. The standard InChI is InChI=1S/C17H13ClF3N3O/c18-12-3-1-10(2-4-12)9-22-16(25)23-13-5-6-14-11(7-13)8-15(24-14)17(19,20)21/h1-8,24H,9H2,(H2,22,23,25). The Balaban J connectivity index is 1.65. The molecule has 0 atom stereocenters. The van der Waals surface area contributed by atoms with Crippen LogP contribution in [0.1, 0.15) is 11.3 Å². The van der Waals surface area contributed by atoms with E-state index in [1.807, 2.05) is 0 Å². The minimum Gasteiger partial charge on any atom is -0.351 e. The molecule has 1 heterocycles. The van der Waals surface area contributed by atoms with E-state index in [0.717, 1.165) is 11.6 Å². The maximum absolute atomic E-state index is 12.7. The van der Waals surface area contributed by atoms with Crippen molar-refractivity contribution in [2.75, 3.05) is 5.32 Å². The second kappa shape index (κ2) is 6.68. The quantitative estimate of drug-likeness (QED) is 0.588. The molecule has 2 amide bonds. The number of benzene rings is 2. The van der Waals surface area contributed by atoms with Crippen molar-refractivity contribution >= 4 is 34.2 Å². The zero-order valence-electron chi connectivity index (χ0n) is 12.7. The summed E-state index contributed by atoms with van der Waals surface area (Å²) in [4.78, 5) is 14.2. The predicted molar refractivity (Wildman–Crippen MR) is 90.6 cm³/mol. The molecule has 0 aliphatic heterocycles. The maximum atomic E-state index is 12.7. The summed E-state index contributed by atoms with van der Waals surface area (Å²) in [6.45, 7) is 0.299. The third kappa shape index (κ3) is 4.24. The molecule has 130 valence electrons. The summed E-state index contributed by atoms with van der Waals surface area (Å²) in [7, 11) is 0. The average molecular weight is 368 g/mol. The van der Waals surface area contributed by atoms with E-state index in [9.17, 15) is 18.0 Å². The van der Waals surface area contributed by atoms with E-state index >= 15 is 0 Å². The molecule has 0 spiro atoms. The fraction of sp³-hybridized carbons (Fsp3) is 0.118. The number of hydrogen-bond acceptors (Lipinski definition) is 1. The lowest BCUT2D eigenvalue weighted by Gasteiger charge is -2.08. The fourth-order valence-corrected chi connectivity index (χ4v) is 2.45. The third-order valence-corrected chi connectivity index (χ3v) is 3.80. The first-order valence-electron chi connectivity index (χ1n) is 7.30. The van der Waals surface area contributed by atoms with Crippen LogP contribution in [0.2, 0.25) is 5.02 Å². The van der Waals surface area contributed by atoms with Gasteiger partial charge in [-0.15, -0.1) is 0 Å². The smallest absolute Gasteiger partial charge is 0.351 e. The molecular formula is C17H13ClF3N3O. The highest BCUT2D eigenvalue weighted by molar-refractivity contribution is 6.30. The highest BCUT2D eigenvalue weighted by atomic mass is 35.5. The number of urea groups is 1. The Morgan fingerprint density at radius 3 is 2.48 bits per heavy atom. The van der Waals surface area contributed by atoms with Crippen LogP contribution in [-0.2, 0) is 12.7 Å². The highest BCUT2D eigenvalue weighted by Gasteiger charge is 2.32. The number of aromatic amines is 1. The van der Waals surface area contributed by atoms with Gasteiger partial charge in [-0.2, -0.15) is 13.2 Å². The summed E-state index contributed by atoms with van der Waals surface area (Å²) in [5.41, 5.74) is 0.788. The van der Waals surface area contributed by atoms with Gasteiger partial charge in [-0.1, -0.05) is 23.7 Å². The second-order valence-electron chi connectivity index (χ2n) is 5.42. The van der Waals surface area contributed by atoms with E-state index in [1.165, 1.54) is 18.2 Å². The highest BCUT2D eigenvalue weighted by Crippen LogP contribution is 2.31. The first kappa shape index (κ1) is 17.2. The summed E-state index contributed by atoms with van der Waals surface area (Å²) >= 11 is 5.79. The van der Waals surface area contributed by atoms with Gasteiger partial charge in [0.05, 0.1) is 0 Å². The Hall–Kier alpha value is -2.67. The molecule has 25 heavy (non-hydrogen) atoms. The maximum Gasteiger partial charge on any atom is 0.431 e. The molecule has 0 saturated heterocycles. The van der Waals surface area contributed by atoms with Crippen LogP contribution in [0.5, 0.6) is 0 Å². The number of fused-ring (bicyclic) bond motifs is 1. The molecule has 4 nitrogen and oxygen atoms in total. The van der Waals surface area contributed by atoms with E-state index in [1.54, 1.807) is 24.3 Å². The van der Waals surface area contributed by atoms with Crippen molar-refractivity contribution in [1.29, 1.82) is 0 Å². The molecule has 0 radical (unpaired) electrons. The summed E-state index contributed by atoms with van der Waals surface area (Å²) in [6, 6.07) is 12.0.